The van der Waals surface area contributed by atoms with Crippen LogP contribution in [0.2, 0.25) is 0 Å². The number of amides is 2. The summed E-state index contributed by atoms with van der Waals surface area (Å²) >= 11 is 1.08. The quantitative estimate of drug-likeness (QED) is 0.0522. The highest BCUT2D eigenvalue weighted by molar-refractivity contribution is 8.15. The van der Waals surface area contributed by atoms with Crippen molar-refractivity contribution in [2.45, 2.75) is 17.2 Å². The van der Waals surface area contributed by atoms with Crippen LogP contribution >= 0.6 is 11.8 Å². The van der Waals surface area contributed by atoms with Crippen molar-refractivity contribution in [3.05, 3.63) is 192 Å². The van der Waals surface area contributed by atoms with E-state index in [2.05, 4.69) is 10.1 Å². The molecule has 2 heterocycles. The SMILES string of the molecule is O=C1SC(Cc2ccc(OCCON=Cc3ccc(-c4ccccc4)nc3)cc2)C(=O)N1C(c1ccccc1)(c1ccccc1)c1ccccc1. The van der Waals surface area contributed by atoms with Gasteiger partial charge in [0.25, 0.3) is 5.24 Å². The summed E-state index contributed by atoms with van der Waals surface area (Å²) in [6.45, 7) is 0.577. The standard InChI is InChI=1S/C43H35N3O4S/c47-41-40(51-42(48)46(41)43(35-15-7-2-8-16-35,36-17-9-3-10-18-36)37-19-11-4-12-20-37)29-32-21-24-38(25-22-32)49-27-28-50-45-31-33-23-26-39(44-30-33)34-13-5-1-6-14-34/h1-26,30-31,40H,27-29H2. The molecule has 7 rings (SSSR count). The second kappa shape index (κ2) is 15.7. The van der Waals surface area contributed by atoms with E-state index in [1.807, 2.05) is 158 Å². The molecule has 0 radical (unpaired) electrons. The summed E-state index contributed by atoms with van der Waals surface area (Å²) in [4.78, 5) is 39.7. The van der Waals surface area contributed by atoms with Crippen LogP contribution in [0.5, 0.6) is 5.75 Å². The molecule has 5 aromatic carbocycles. The van der Waals surface area contributed by atoms with Crippen LogP contribution in [0.15, 0.2) is 169 Å². The van der Waals surface area contributed by atoms with Gasteiger partial charge in [-0.15, -0.1) is 0 Å². The van der Waals surface area contributed by atoms with Crippen LogP contribution in [0, 0.1) is 0 Å². The summed E-state index contributed by atoms with van der Waals surface area (Å²) in [5.41, 5.74) is 5.12. The minimum absolute atomic E-state index is 0.220. The highest BCUT2D eigenvalue weighted by Crippen LogP contribution is 2.47. The van der Waals surface area contributed by atoms with Gasteiger partial charge in [-0.1, -0.05) is 150 Å². The Labute approximate surface area is 301 Å². The maximum atomic E-state index is 14.4. The molecule has 1 aliphatic heterocycles. The van der Waals surface area contributed by atoms with Gasteiger partial charge >= 0.3 is 0 Å². The van der Waals surface area contributed by atoms with E-state index < -0.39 is 10.8 Å². The number of carbonyl (C=O) groups is 2. The topological polar surface area (TPSA) is 81.1 Å². The van der Waals surface area contributed by atoms with Crippen molar-refractivity contribution in [1.29, 1.82) is 0 Å². The predicted octanol–water partition coefficient (Wildman–Crippen LogP) is 8.78. The number of rotatable bonds is 13. The van der Waals surface area contributed by atoms with Crippen LogP contribution in [0.25, 0.3) is 11.3 Å². The van der Waals surface area contributed by atoms with Gasteiger partial charge in [-0.25, -0.2) is 0 Å². The molecule has 6 aromatic rings. The summed E-state index contributed by atoms with van der Waals surface area (Å²) in [7, 11) is 0. The van der Waals surface area contributed by atoms with Gasteiger partial charge in [0.2, 0.25) is 5.91 Å². The first-order valence-corrected chi connectivity index (χ1v) is 17.6. The number of oxime groups is 1. The van der Waals surface area contributed by atoms with Crippen LogP contribution in [-0.2, 0) is 21.6 Å². The molecule has 0 bridgehead atoms. The molecule has 252 valence electrons. The molecule has 1 aliphatic rings. The van der Waals surface area contributed by atoms with E-state index in [-0.39, 0.29) is 17.8 Å². The Balaban J connectivity index is 0.984. The number of carbonyl (C=O) groups excluding carboxylic acids is 2. The molecule has 7 nitrogen and oxygen atoms in total. The Morgan fingerprint density at radius 2 is 1.25 bits per heavy atom. The number of thioether (sulfide) groups is 1. The number of pyridine rings is 1. The summed E-state index contributed by atoms with van der Waals surface area (Å²) in [6, 6.07) is 50.9. The van der Waals surface area contributed by atoms with Gasteiger partial charge in [-0.05, 0) is 52.9 Å². The number of nitrogens with zero attached hydrogens (tertiary/aromatic N) is 3. The molecule has 1 aromatic heterocycles. The zero-order chi connectivity index (χ0) is 34.9. The van der Waals surface area contributed by atoms with E-state index >= 15 is 0 Å². The van der Waals surface area contributed by atoms with Gasteiger partial charge in [0.15, 0.2) is 6.61 Å². The number of benzene rings is 5. The molecule has 0 aliphatic carbocycles. The Morgan fingerprint density at radius 3 is 1.80 bits per heavy atom. The zero-order valence-corrected chi connectivity index (χ0v) is 28.6. The molecule has 8 heteroatoms. The Morgan fingerprint density at radius 1 is 0.686 bits per heavy atom. The molecule has 1 saturated heterocycles. The monoisotopic (exact) mass is 689 g/mol. The predicted molar refractivity (Wildman–Crippen MR) is 202 cm³/mol. The van der Waals surface area contributed by atoms with Crippen LogP contribution in [-0.4, -0.2) is 45.7 Å². The first-order chi connectivity index (χ1) is 25.1. The van der Waals surface area contributed by atoms with E-state index in [0.717, 1.165) is 50.8 Å². The fourth-order valence-electron chi connectivity index (χ4n) is 6.36. The lowest BCUT2D eigenvalue weighted by molar-refractivity contribution is -0.129. The lowest BCUT2D eigenvalue weighted by atomic mass is 9.75. The summed E-state index contributed by atoms with van der Waals surface area (Å²) in [5.74, 6) is 0.453. The minimum atomic E-state index is -1.13. The van der Waals surface area contributed by atoms with Gasteiger partial charge in [0.1, 0.15) is 17.9 Å². The van der Waals surface area contributed by atoms with Gasteiger partial charge in [0.05, 0.1) is 17.2 Å². The maximum Gasteiger partial charge on any atom is 0.290 e. The number of hydrogen-bond donors (Lipinski definition) is 0. The van der Waals surface area contributed by atoms with Crippen molar-refractivity contribution in [2.24, 2.45) is 5.16 Å². The summed E-state index contributed by atoms with van der Waals surface area (Å²) in [5, 5.41) is 3.18. The Hall–Kier alpha value is -5.99. The third-order valence-corrected chi connectivity index (χ3v) is 9.79. The number of imide groups is 1. The van der Waals surface area contributed by atoms with E-state index in [0.29, 0.717) is 18.8 Å². The Kier molecular flexibility index (Phi) is 10.3. The molecule has 1 fully saturated rings. The molecule has 0 N–H and O–H groups in total. The lowest BCUT2D eigenvalue weighted by Crippen LogP contribution is -2.51. The van der Waals surface area contributed by atoms with Crippen molar-refractivity contribution >= 4 is 29.1 Å². The summed E-state index contributed by atoms with van der Waals surface area (Å²) < 4.78 is 5.85. The fraction of sp³-hybridized carbons (Fsp3) is 0.116. The van der Waals surface area contributed by atoms with Crippen LogP contribution in [0.3, 0.4) is 0 Å². The van der Waals surface area contributed by atoms with Gasteiger partial charge in [0, 0.05) is 17.3 Å². The average Bonchev–Trinajstić information content (AvgIpc) is 3.47. The van der Waals surface area contributed by atoms with Crippen molar-refractivity contribution in [3.63, 3.8) is 0 Å². The first-order valence-electron chi connectivity index (χ1n) is 16.7. The molecule has 51 heavy (non-hydrogen) atoms. The average molecular weight is 690 g/mol. The molecule has 1 atom stereocenters. The maximum absolute atomic E-state index is 14.4. The van der Waals surface area contributed by atoms with Crippen molar-refractivity contribution in [2.75, 3.05) is 13.2 Å². The number of hydrogen-bond acceptors (Lipinski definition) is 7. The van der Waals surface area contributed by atoms with Crippen LogP contribution in [0.4, 0.5) is 4.79 Å². The molecule has 1 unspecified atom stereocenters. The van der Waals surface area contributed by atoms with Gasteiger partial charge in [-0.2, -0.15) is 0 Å². The van der Waals surface area contributed by atoms with Crippen LogP contribution < -0.4 is 4.74 Å². The van der Waals surface area contributed by atoms with Crippen molar-refractivity contribution < 1.29 is 19.2 Å². The lowest BCUT2D eigenvalue weighted by Gasteiger charge is -2.42. The van der Waals surface area contributed by atoms with E-state index in [1.165, 1.54) is 4.90 Å². The van der Waals surface area contributed by atoms with Crippen molar-refractivity contribution in [3.8, 4) is 17.0 Å². The third kappa shape index (κ3) is 7.32. The van der Waals surface area contributed by atoms with E-state index in [1.54, 1.807) is 12.4 Å². The second-order valence-corrected chi connectivity index (χ2v) is 13.1. The third-order valence-electron chi connectivity index (χ3n) is 8.75. The smallest absolute Gasteiger partial charge is 0.290 e. The zero-order valence-electron chi connectivity index (χ0n) is 27.7. The highest BCUT2D eigenvalue weighted by atomic mass is 32.2. The van der Waals surface area contributed by atoms with Gasteiger partial charge in [-0.3, -0.25) is 19.5 Å². The largest absolute Gasteiger partial charge is 0.490 e. The first kappa shape index (κ1) is 33.5. The fourth-order valence-corrected chi connectivity index (χ4v) is 7.42. The van der Waals surface area contributed by atoms with E-state index in [4.69, 9.17) is 9.57 Å². The van der Waals surface area contributed by atoms with E-state index in [9.17, 15) is 9.59 Å². The minimum Gasteiger partial charge on any atom is -0.490 e. The van der Waals surface area contributed by atoms with Crippen LogP contribution in [0.1, 0.15) is 27.8 Å². The molecular weight excluding hydrogens is 655 g/mol. The van der Waals surface area contributed by atoms with Crippen molar-refractivity contribution in [1.82, 2.24) is 9.88 Å². The number of aromatic nitrogens is 1. The number of ether oxygens (including phenoxy) is 1. The second-order valence-electron chi connectivity index (χ2n) is 12.0. The van der Waals surface area contributed by atoms with Gasteiger partial charge < -0.3 is 9.57 Å². The molecule has 2 amide bonds. The summed E-state index contributed by atoms with van der Waals surface area (Å²) in [6.07, 6.45) is 3.78. The highest BCUT2D eigenvalue weighted by Gasteiger charge is 2.53. The molecule has 0 saturated carbocycles. The Bertz CT molecular complexity index is 1980. The molecule has 0 spiro atoms. The normalized spacial score (nSPS) is 14.6. The molecular formula is C43H35N3O4S.